The first-order chi connectivity index (χ1) is 10.6. The Hall–Kier alpha value is -2.32. The van der Waals surface area contributed by atoms with E-state index >= 15 is 0 Å². The van der Waals surface area contributed by atoms with Crippen LogP contribution in [0.3, 0.4) is 0 Å². The summed E-state index contributed by atoms with van der Waals surface area (Å²) in [5.74, 6) is -0.327. The molecule has 2 aromatic heterocycles. The molecule has 0 aliphatic rings. The lowest BCUT2D eigenvalue weighted by atomic mass is 9.99. The Morgan fingerprint density at radius 1 is 0.909 bits per heavy atom. The van der Waals surface area contributed by atoms with E-state index in [4.69, 9.17) is 11.5 Å². The molecule has 0 amide bonds. The molecule has 0 aliphatic heterocycles. The van der Waals surface area contributed by atoms with Gasteiger partial charge < -0.3 is 21.4 Å². The maximum Gasteiger partial charge on any atom is 0.150 e. The van der Waals surface area contributed by atoms with E-state index in [1.165, 1.54) is 12.7 Å². The Kier molecular flexibility index (Phi) is 5.56. The zero-order valence-corrected chi connectivity index (χ0v) is 12.2. The number of aromatic amines is 2. The summed E-state index contributed by atoms with van der Waals surface area (Å²) in [5.41, 5.74) is 13.1. The van der Waals surface area contributed by atoms with Gasteiger partial charge in [-0.2, -0.15) is 0 Å². The maximum atomic E-state index is 11.9. The minimum absolute atomic E-state index is 0.0959. The van der Waals surface area contributed by atoms with Crippen molar-refractivity contribution < 1.29 is 9.59 Å². The first-order valence-corrected chi connectivity index (χ1v) is 7.08. The van der Waals surface area contributed by atoms with Gasteiger partial charge in [-0.1, -0.05) is 0 Å². The molecule has 0 fully saturated rings. The van der Waals surface area contributed by atoms with Crippen molar-refractivity contribution in [3.8, 4) is 0 Å². The first-order valence-electron chi connectivity index (χ1n) is 7.08. The van der Waals surface area contributed by atoms with Gasteiger partial charge in [0.25, 0.3) is 0 Å². The average Bonchev–Trinajstić information content (AvgIpc) is 3.17. The third-order valence-electron chi connectivity index (χ3n) is 3.41. The number of nitrogens with two attached hydrogens (primary N) is 2. The predicted octanol–water partition coefficient (Wildman–Crippen LogP) is -0.509. The predicted molar refractivity (Wildman–Crippen MR) is 79.8 cm³/mol. The zero-order chi connectivity index (χ0) is 15.9. The molecular formula is C14H20N6O2. The minimum atomic E-state index is -0.654. The van der Waals surface area contributed by atoms with Crippen LogP contribution in [0, 0.1) is 0 Å². The molecule has 22 heavy (non-hydrogen) atoms. The van der Waals surface area contributed by atoms with Crippen molar-refractivity contribution in [1.29, 1.82) is 0 Å². The molecule has 2 atom stereocenters. The standard InChI is InChI=1S/C14H20N6O2/c15-11(3-9-5-17-7-19-9)13(21)1-2-14(22)12(16)4-10-6-18-8-20-10/h5-8,11-12H,1-4,15-16H2,(H,17,19)(H,18,20)/t11-,12-/m0/s1. The van der Waals surface area contributed by atoms with Gasteiger partial charge in [-0.15, -0.1) is 0 Å². The lowest BCUT2D eigenvalue weighted by molar-refractivity contribution is -0.125. The highest BCUT2D eigenvalue weighted by Crippen LogP contribution is 2.05. The summed E-state index contributed by atoms with van der Waals surface area (Å²) in [6.45, 7) is 0. The van der Waals surface area contributed by atoms with Crippen LogP contribution in [0.25, 0.3) is 0 Å². The molecule has 2 rings (SSSR count). The van der Waals surface area contributed by atoms with Crippen molar-refractivity contribution in [1.82, 2.24) is 19.9 Å². The van der Waals surface area contributed by atoms with E-state index in [9.17, 15) is 9.59 Å². The number of carbonyl (C=O) groups is 2. The Morgan fingerprint density at radius 3 is 1.64 bits per heavy atom. The number of aromatic nitrogens is 4. The number of imidazole rings is 2. The van der Waals surface area contributed by atoms with Crippen molar-refractivity contribution in [3.63, 3.8) is 0 Å². The number of carbonyl (C=O) groups excluding carboxylic acids is 2. The van der Waals surface area contributed by atoms with E-state index < -0.39 is 12.1 Å². The summed E-state index contributed by atoms with van der Waals surface area (Å²) in [7, 11) is 0. The van der Waals surface area contributed by atoms with Crippen LogP contribution in [0.5, 0.6) is 0 Å². The Bertz CT molecular complexity index is 539. The average molecular weight is 304 g/mol. The van der Waals surface area contributed by atoms with Crippen LogP contribution in [0.1, 0.15) is 24.2 Å². The number of H-pyrrole nitrogens is 2. The molecule has 0 bridgehead atoms. The summed E-state index contributed by atoms with van der Waals surface area (Å²) in [6.07, 6.45) is 7.35. The first kappa shape index (κ1) is 16.1. The van der Waals surface area contributed by atoms with Gasteiger partial charge in [-0.3, -0.25) is 9.59 Å². The molecule has 0 aliphatic carbocycles. The minimum Gasteiger partial charge on any atom is -0.351 e. The molecule has 2 heterocycles. The molecule has 2 aromatic rings. The number of hydrogen-bond acceptors (Lipinski definition) is 6. The number of nitrogens with one attached hydrogen (secondary N) is 2. The van der Waals surface area contributed by atoms with Gasteiger partial charge in [0.2, 0.25) is 0 Å². The Labute approximate surface area is 127 Å². The van der Waals surface area contributed by atoms with Crippen LogP contribution in [0.4, 0.5) is 0 Å². The molecule has 0 saturated carbocycles. The molecule has 118 valence electrons. The molecule has 6 N–H and O–H groups in total. The van der Waals surface area contributed by atoms with Gasteiger partial charge in [-0.25, -0.2) is 9.97 Å². The summed E-state index contributed by atoms with van der Waals surface area (Å²) in [5, 5.41) is 0. The van der Waals surface area contributed by atoms with E-state index in [1.54, 1.807) is 12.4 Å². The normalized spacial score (nSPS) is 13.7. The van der Waals surface area contributed by atoms with Gasteiger partial charge in [-0.05, 0) is 0 Å². The second-order valence-corrected chi connectivity index (χ2v) is 5.17. The van der Waals surface area contributed by atoms with Crippen LogP contribution in [-0.4, -0.2) is 43.6 Å². The Morgan fingerprint density at radius 2 is 1.32 bits per heavy atom. The van der Waals surface area contributed by atoms with Crippen LogP contribution in [-0.2, 0) is 22.4 Å². The third-order valence-corrected chi connectivity index (χ3v) is 3.41. The number of ketones is 2. The fourth-order valence-electron chi connectivity index (χ4n) is 2.10. The number of nitrogens with zero attached hydrogens (tertiary/aromatic N) is 2. The molecule has 0 unspecified atom stereocenters. The lowest BCUT2D eigenvalue weighted by Gasteiger charge is -2.11. The van der Waals surface area contributed by atoms with Crippen LogP contribution in [0.15, 0.2) is 25.0 Å². The number of rotatable bonds is 9. The van der Waals surface area contributed by atoms with E-state index in [0.29, 0.717) is 12.8 Å². The highest BCUT2D eigenvalue weighted by atomic mass is 16.1. The Balaban J connectivity index is 1.74. The van der Waals surface area contributed by atoms with E-state index in [-0.39, 0.29) is 24.4 Å². The highest BCUT2D eigenvalue weighted by molar-refractivity contribution is 5.91. The third kappa shape index (κ3) is 4.61. The molecule has 8 nitrogen and oxygen atoms in total. The van der Waals surface area contributed by atoms with Gasteiger partial charge in [0.15, 0.2) is 0 Å². The SMILES string of the molecule is N[C@@H](Cc1c[nH]cn1)C(=O)CCC(=O)[C@@H](N)Cc1c[nH]cn1. The summed E-state index contributed by atoms with van der Waals surface area (Å²) >= 11 is 0. The maximum absolute atomic E-state index is 11.9. The zero-order valence-electron chi connectivity index (χ0n) is 12.2. The molecule has 0 spiro atoms. The fraction of sp³-hybridized carbons (Fsp3) is 0.429. The monoisotopic (exact) mass is 304 g/mol. The number of hydrogen-bond donors (Lipinski definition) is 4. The van der Waals surface area contributed by atoms with Gasteiger partial charge in [0, 0.05) is 38.1 Å². The van der Waals surface area contributed by atoms with E-state index in [2.05, 4.69) is 19.9 Å². The molecular weight excluding hydrogens is 284 g/mol. The van der Waals surface area contributed by atoms with Crippen LogP contribution < -0.4 is 11.5 Å². The van der Waals surface area contributed by atoms with Crippen molar-refractivity contribution in [3.05, 3.63) is 36.4 Å². The van der Waals surface area contributed by atoms with E-state index in [1.807, 2.05) is 0 Å². The van der Waals surface area contributed by atoms with E-state index in [0.717, 1.165) is 11.4 Å². The quantitative estimate of drug-likeness (QED) is 0.491. The van der Waals surface area contributed by atoms with Crippen molar-refractivity contribution in [2.45, 2.75) is 37.8 Å². The summed E-state index contributed by atoms with van der Waals surface area (Å²) in [4.78, 5) is 37.5. The highest BCUT2D eigenvalue weighted by Gasteiger charge is 2.19. The van der Waals surface area contributed by atoms with Crippen molar-refractivity contribution in [2.75, 3.05) is 0 Å². The van der Waals surface area contributed by atoms with Crippen molar-refractivity contribution >= 4 is 11.6 Å². The van der Waals surface area contributed by atoms with Gasteiger partial charge >= 0.3 is 0 Å². The number of Topliss-reactive ketones (excluding diaryl/α,β-unsaturated/α-hetero) is 2. The van der Waals surface area contributed by atoms with Gasteiger partial charge in [0.1, 0.15) is 11.6 Å². The smallest absolute Gasteiger partial charge is 0.150 e. The largest absolute Gasteiger partial charge is 0.351 e. The molecule has 0 aromatic carbocycles. The molecule has 0 radical (unpaired) electrons. The molecule has 0 saturated heterocycles. The topological polar surface area (TPSA) is 144 Å². The lowest BCUT2D eigenvalue weighted by Crippen LogP contribution is -2.36. The summed E-state index contributed by atoms with van der Waals surface area (Å²) < 4.78 is 0. The van der Waals surface area contributed by atoms with Gasteiger partial charge in [0.05, 0.1) is 36.1 Å². The van der Waals surface area contributed by atoms with Crippen molar-refractivity contribution in [2.24, 2.45) is 11.5 Å². The van der Waals surface area contributed by atoms with Crippen LogP contribution in [0.2, 0.25) is 0 Å². The molecule has 8 heteroatoms. The fourth-order valence-corrected chi connectivity index (χ4v) is 2.10. The second kappa shape index (κ2) is 7.62. The van der Waals surface area contributed by atoms with Crippen LogP contribution >= 0.6 is 0 Å². The summed E-state index contributed by atoms with van der Waals surface area (Å²) in [6, 6.07) is -1.31. The second-order valence-electron chi connectivity index (χ2n) is 5.17.